The highest BCUT2D eigenvalue weighted by Crippen LogP contribution is 2.25. The molecule has 2 aromatic rings. The van der Waals surface area contributed by atoms with Crippen LogP contribution >= 0.6 is 24.8 Å². The smallest absolute Gasteiger partial charge is 0.255 e. The Bertz CT molecular complexity index is 690. The number of fused-ring (bicyclic) bond motifs is 1. The quantitative estimate of drug-likeness (QED) is 0.820. The van der Waals surface area contributed by atoms with Gasteiger partial charge in [0.2, 0.25) is 0 Å². The maximum absolute atomic E-state index is 12.3. The van der Waals surface area contributed by atoms with Crippen molar-refractivity contribution in [2.45, 2.75) is 19.0 Å². The summed E-state index contributed by atoms with van der Waals surface area (Å²) >= 11 is 0. The highest BCUT2D eigenvalue weighted by molar-refractivity contribution is 5.94. The fourth-order valence-electron chi connectivity index (χ4n) is 3.35. The summed E-state index contributed by atoms with van der Waals surface area (Å²) < 4.78 is 0. The SMILES string of the molecule is Cl.Cl.O=C(c1cccnc1)N1CC(N2CCc3ccccc3C2)C1. The van der Waals surface area contributed by atoms with Crippen LogP contribution in [-0.4, -0.2) is 46.4 Å². The molecule has 128 valence electrons. The molecular formula is C18H21Cl2N3O. The van der Waals surface area contributed by atoms with Crippen LogP contribution in [0.15, 0.2) is 48.8 Å². The molecule has 4 nitrogen and oxygen atoms in total. The Morgan fingerprint density at radius 3 is 2.50 bits per heavy atom. The van der Waals surface area contributed by atoms with Crippen molar-refractivity contribution < 1.29 is 4.79 Å². The summed E-state index contributed by atoms with van der Waals surface area (Å²) in [6.07, 6.45) is 4.46. The number of hydrogen-bond acceptors (Lipinski definition) is 3. The van der Waals surface area contributed by atoms with Gasteiger partial charge in [0, 0.05) is 44.6 Å². The van der Waals surface area contributed by atoms with Crippen molar-refractivity contribution in [1.29, 1.82) is 0 Å². The molecule has 2 aliphatic rings. The van der Waals surface area contributed by atoms with Crippen LogP contribution in [0.3, 0.4) is 0 Å². The van der Waals surface area contributed by atoms with Gasteiger partial charge >= 0.3 is 0 Å². The van der Waals surface area contributed by atoms with Crippen LogP contribution in [0.2, 0.25) is 0 Å². The van der Waals surface area contributed by atoms with Gasteiger partial charge < -0.3 is 4.90 Å². The third-order valence-electron chi connectivity index (χ3n) is 4.73. The normalized spacial score (nSPS) is 17.1. The molecule has 3 heterocycles. The molecule has 1 fully saturated rings. The average molecular weight is 366 g/mol. The number of carbonyl (C=O) groups is 1. The molecule has 4 rings (SSSR count). The fraction of sp³-hybridized carbons (Fsp3) is 0.333. The van der Waals surface area contributed by atoms with E-state index in [0.29, 0.717) is 11.6 Å². The number of pyridine rings is 1. The third kappa shape index (κ3) is 3.56. The number of hydrogen-bond donors (Lipinski definition) is 0. The van der Waals surface area contributed by atoms with E-state index in [1.165, 1.54) is 11.1 Å². The zero-order chi connectivity index (χ0) is 14.9. The van der Waals surface area contributed by atoms with E-state index in [2.05, 4.69) is 34.1 Å². The van der Waals surface area contributed by atoms with Gasteiger partial charge in [0.1, 0.15) is 0 Å². The van der Waals surface area contributed by atoms with Crippen molar-refractivity contribution >= 4 is 30.7 Å². The Labute approximate surface area is 154 Å². The number of likely N-dealkylation sites (tertiary alicyclic amines) is 1. The molecule has 0 N–H and O–H groups in total. The molecule has 1 aromatic heterocycles. The molecule has 0 atom stereocenters. The first kappa shape index (κ1) is 18.7. The standard InChI is InChI=1S/C18H19N3O.2ClH/c22-18(15-6-3-8-19-10-15)21-12-17(13-21)20-9-7-14-4-1-2-5-16(14)11-20;;/h1-6,8,10,17H,7,9,11-13H2;2*1H. The second-order valence-corrected chi connectivity index (χ2v) is 6.09. The fourth-order valence-corrected chi connectivity index (χ4v) is 3.35. The Morgan fingerprint density at radius 1 is 1.04 bits per heavy atom. The average Bonchev–Trinajstić information content (AvgIpc) is 2.54. The van der Waals surface area contributed by atoms with Crippen LogP contribution < -0.4 is 0 Å². The van der Waals surface area contributed by atoms with E-state index in [1.54, 1.807) is 12.4 Å². The first-order valence-electron chi connectivity index (χ1n) is 7.81. The lowest BCUT2D eigenvalue weighted by Gasteiger charge is -2.46. The maximum Gasteiger partial charge on any atom is 0.255 e. The van der Waals surface area contributed by atoms with Gasteiger partial charge in [-0.25, -0.2) is 0 Å². The Morgan fingerprint density at radius 2 is 1.79 bits per heavy atom. The first-order chi connectivity index (χ1) is 10.8. The molecular weight excluding hydrogens is 345 g/mol. The lowest BCUT2D eigenvalue weighted by Crippen LogP contribution is -2.61. The van der Waals surface area contributed by atoms with E-state index in [-0.39, 0.29) is 30.7 Å². The van der Waals surface area contributed by atoms with Crippen LogP contribution in [0, 0.1) is 0 Å². The number of halogens is 2. The van der Waals surface area contributed by atoms with Crippen molar-refractivity contribution in [2.75, 3.05) is 19.6 Å². The minimum atomic E-state index is 0. The van der Waals surface area contributed by atoms with E-state index in [0.717, 1.165) is 32.6 Å². The van der Waals surface area contributed by atoms with Gasteiger partial charge in [0.25, 0.3) is 5.91 Å². The zero-order valence-electron chi connectivity index (χ0n) is 13.3. The molecule has 0 unspecified atom stereocenters. The van der Waals surface area contributed by atoms with Gasteiger partial charge in [-0.05, 0) is 29.7 Å². The van der Waals surface area contributed by atoms with E-state index >= 15 is 0 Å². The van der Waals surface area contributed by atoms with Crippen LogP contribution in [0.1, 0.15) is 21.5 Å². The summed E-state index contributed by atoms with van der Waals surface area (Å²) in [5, 5.41) is 0. The molecule has 0 aliphatic carbocycles. The van der Waals surface area contributed by atoms with E-state index in [1.807, 2.05) is 17.0 Å². The van der Waals surface area contributed by atoms with Gasteiger partial charge in [0.15, 0.2) is 0 Å². The molecule has 0 spiro atoms. The van der Waals surface area contributed by atoms with Crippen LogP contribution in [-0.2, 0) is 13.0 Å². The first-order valence-corrected chi connectivity index (χ1v) is 7.81. The second kappa shape index (κ2) is 7.97. The number of nitrogens with zero attached hydrogens (tertiary/aromatic N) is 3. The Balaban J connectivity index is 0.00000104. The summed E-state index contributed by atoms with van der Waals surface area (Å²) in [4.78, 5) is 20.8. The van der Waals surface area contributed by atoms with E-state index in [9.17, 15) is 4.79 Å². The summed E-state index contributed by atoms with van der Waals surface area (Å²) in [5.41, 5.74) is 3.59. The summed E-state index contributed by atoms with van der Waals surface area (Å²) in [6.45, 7) is 3.76. The van der Waals surface area contributed by atoms with Gasteiger partial charge in [-0.3, -0.25) is 14.7 Å². The van der Waals surface area contributed by atoms with Gasteiger partial charge in [-0.2, -0.15) is 0 Å². The summed E-state index contributed by atoms with van der Waals surface area (Å²) in [7, 11) is 0. The number of rotatable bonds is 2. The van der Waals surface area contributed by atoms with Crippen molar-refractivity contribution in [3.05, 3.63) is 65.5 Å². The predicted molar refractivity (Wildman–Crippen MR) is 99.0 cm³/mol. The highest BCUT2D eigenvalue weighted by atomic mass is 35.5. The van der Waals surface area contributed by atoms with Crippen molar-refractivity contribution in [1.82, 2.24) is 14.8 Å². The minimum Gasteiger partial charge on any atom is -0.335 e. The van der Waals surface area contributed by atoms with Crippen LogP contribution in [0.5, 0.6) is 0 Å². The molecule has 2 aliphatic heterocycles. The van der Waals surface area contributed by atoms with Gasteiger partial charge in [0.05, 0.1) is 5.56 Å². The Kier molecular flexibility index (Phi) is 6.21. The number of benzene rings is 1. The van der Waals surface area contributed by atoms with Gasteiger partial charge in [-0.1, -0.05) is 24.3 Å². The molecule has 0 saturated carbocycles. The third-order valence-corrected chi connectivity index (χ3v) is 4.73. The minimum absolute atomic E-state index is 0. The van der Waals surface area contributed by atoms with Crippen LogP contribution in [0.4, 0.5) is 0 Å². The number of carbonyl (C=O) groups excluding carboxylic acids is 1. The van der Waals surface area contributed by atoms with E-state index in [4.69, 9.17) is 0 Å². The topological polar surface area (TPSA) is 36.4 Å². The summed E-state index contributed by atoms with van der Waals surface area (Å²) in [6, 6.07) is 12.8. The molecule has 0 bridgehead atoms. The largest absolute Gasteiger partial charge is 0.335 e. The molecule has 1 aromatic carbocycles. The predicted octanol–water partition coefficient (Wildman–Crippen LogP) is 2.81. The monoisotopic (exact) mass is 365 g/mol. The summed E-state index contributed by atoms with van der Waals surface area (Å²) in [5.74, 6) is 0.0989. The maximum atomic E-state index is 12.3. The number of aromatic nitrogens is 1. The van der Waals surface area contributed by atoms with Crippen molar-refractivity contribution in [2.24, 2.45) is 0 Å². The lowest BCUT2D eigenvalue weighted by molar-refractivity contribution is 0.0218. The van der Waals surface area contributed by atoms with E-state index < -0.39 is 0 Å². The molecule has 24 heavy (non-hydrogen) atoms. The number of amides is 1. The van der Waals surface area contributed by atoms with Crippen molar-refractivity contribution in [3.63, 3.8) is 0 Å². The zero-order valence-corrected chi connectivity index (χ0v) is 14.9. The van der Waals surface area contributed by atoms with Crippen LogP contribution in [0.25, 0.3) is 0 Å². The lowest BCUT2D eigenvalue weighted by atomic mass is 9.96. The Hall–Kier alpha value is -1.62. The van der Waals surface area contributed by atoms with Gasteiger partial charge in [-0.15, -0.1) is 24.8 Å². The molecule has 6 heteroatoms. The second-order valence-electron chi connectivity index (χ2n) is 6.09. The van der Waals surface area contributed by atoms with Crippen molar-refractivity contribution in [3.8, 4) is 0 Å². The molecule has 1 saturated heterocycles. The molecule has 0 radical (unpaired) electrons. The highest BCUT2D eigenvalue weighted by Gasteiger charge is 2.36. The molecule has 1 amide bonds.